The van der Waals surface area contributed by atoms with E-state index in [2.05, 4.69) is 22.9 Å². The highest BCUT2D eigenvalue weighted by Crippen LogP contribution is 2.16. The van der Waals surface area contributed by atoms with E-state index in [0.29, 0.717) is 5.56 Å². The molecule has 0 N–H and O–H groups in total. The zero-order chi connectivity index (χ0) is 9.97. The minimum atomic E-state index is 0.698. The molecule has 0 spiro atoms. The van der Waals surface area contributed by atoms with Crippen LogP contribution in [-0.2, 0) is 6.54 Å². The van der Waals surface area contributed by atoms with Gasteiger partial charge >= 0.3 is 0 Å². The maximum Gasteiger partial charge on any atom is 0.0992 e. The van der Waals surface area contributed by atoms with E-state index < -0.39 is 0 Å². The molecule has 1 fully saturated rings. The molecule has 1 aliphatic heterocycles. The second-order valence-electron chi connectivity index (χ2n) is 3.95. The summed E-state index contributed by atoms with van der Waals surface area (Å²) in [6.07, 6.45) is 1.71. The first-order valence-corrected chi connectivity index (χ1v) is 4.85. The second kappa shape index (κ2) is 3.77. The van der Waals surface area contributed by atoms with E-state index in [1.54, 1.807) is 12.3 Å². The van der Waals surface area contributed by atoms with Gasteiger partial charge < -0.3 is 0 Å². The maximum atomic E-state index is 8.72. The summed E-state index contributed by atoms with van der Waals surface area (Å²) in [4.78, 5) is 6.58. The average molecular weight is 187 g/mol. The summed E-state index contributed by atoms with van der Waals surface area (Å²) in [6, 6.07) is 5.73. The molecule has 72 valence electrons. The molecule has 2 heterocycles. The van der Waals surface area contributed by atoms with E-state index in [1.807, 2.05) is 6.07 Å². The van der Waals surface area contributed by atoms with Crippen LogP contribution in [0.5, 0.6) is 0 Å². The Labute approximate surface area is 84.0 Å². The zero-order valence-electron chi connectivity index (χ0n) is 8.27. The number of nitriles is 1. The smallest absolute Gasteiger partial charge is 0.0992 e. The van der Waals surface area contributed by atoms with Crippen LogP contribution in [0.25, 0.3) is 0 Å². The molecule has 3 heteroatoms. The first-order chi connectivity index (χ1) is 6.78. The van der Waals surface area contributed by atoms with Crippen LogP contribution in [-0.4, -0.2) is 23.0 Å². The van der Waals surface area contributed by atoms with Crippen molar-refractivity contribution in [2.24, 2.45) is 5.92 Å². The SMILES string of the molecule is CC1CN(Cc2cc(C#N)ccn2)C1. The highest BCUT2D eigenvalue weighted by atomic mass is 15.2. The molecule has 3 nitrogen and oxygen atoms in total. The summed E-state index contributed by atoms with van der Waals surface area (Å²) in [5, 5.41) is 8.72. The summed E-state index contributed by atoms with van der Waals surface area (Å²) in [5.74, 6) is 0.814. The predicted molar refractivity (Wildman–Crippen MR) is 53.4 cm³/mol. The summed E-state index contributed by atoms with van der Waals surface area (Å²) in [7, 11) is 0. The molecule has 1 aromatic heterocycles. The van der Waals surface area contributed by atoms with Crippen molar-refractivity contribution in [1.82, 2.24) is 9.88 Å². The van der Waals surface area contributed by atoms with Crippen LogP contribution in [0, 0.1) is 17.2 Å². The van der Waals surface area contributed by atoms with E-state index in [4.69, 9.17) is 5.26 Å². The molecule has 0 bridgehead atoms. The minimum absolute atomic E-state index is 0.698. The van der Waals surface area contributed by atoms with Gasteiger partial charge in [0, 0.05) is 25.8 Å². The number of aromatic nitrogens is 1. The normalized spacial score (nSPS) is 17.4. The first kappa shape index (κ1) is 9.17. The van der Waals surface area contributed by atoms with E-state index >= 15 is 0 Å². The Morgan fingerprint density at radius 2 is 2.43 bits per heavy atom. The highest BCUT2D eigenvalue weighted by Gasteiger charge is 2.22. The first-order valence-electron chi connectivity index (χ1n) is 4.85. The molecule has 0 aromatic carbocycles. The standard InChI is InChI=1S/C11H13N3/c1-9-6-14(7-9)8-11-4-10(5-12)2-3-13-11/h2-4,9H,6-8H2,1H3. The van der Waals surface area contributed by atoms with Gasteiger partial charge in [0.1, 0.15) is 0 Å². The summed E-state index contributed by atoms with van der Waals surface area (Å²) in [6.45, 7) is 5.42. The van der Waals surface area contributed by atoms with Gasteiger partial charge in [-0.1, -0.05) is 6.92 Å². The van der Waals surface area contributed by atoms with Gasteiger partial charge in [-0.25, -0.2) is 0 Å². The van der Waals surface area contributed by atoms with Gasteiger partial charge in [-0.3, -0.25) is 9.88 Å². The number of hydrogen-bond acceptors (Lipinski definition) is 3. The van der Waals surface area contributed by atoms with Gasteiger partial charge in [0.25, 0.3) is 0 Å². The fourth-order valence-corrected chi connectivity index (χ4v) is 1.82. The van der Waals surface area contributed by atoms with E-state index in [1.165, 1.54) is 0 Å². The van der Waals surface area contributed by atoms with Gasteiger partial charge in [-0.2, -0.15) is 5.26 Å². The Morgan fingerprint density at radius 1 is 1.64 bits per heavy atom. The lowest BCUT2D eigenvalue weighted by Crippen LogP contribution is -2.44. The minimum Gasteiger partial charge on any atom is -0.297 e. The van der Waals surface area contributed by atoms with E-state index in [9.17, 15) is 0 Å². The van der Waals surface area contributed by atoms with E-state index in [-0.39, 0.29) is 0 Å². The second-order valence-corrected chi connectivity index (χ2v) is 3.95. The molecule has 0 saturated carbocycles. The third-order valence-corrected chi connectivity index (χ3v) is 2.47. The molecule has 14 heavy (non-hydrogen) atoms. The van der Waals surface area contributed by atoms with Crippen LogP contribution < -0.4 is 0 Å². The number of hydrogen-bond donors (Lipinski definition) is 0. The lowest BCUT2D eigenvalue weighted by atomic mass is 10.0. The molecule has 1 saturated heterocycles. The van der Waals surface area contributed by atoms with Crippen LogP contribution in [0.1, 0.15) is 18.2 Å². The Balaban J connectivity index is 2.00. The predicted octanol–water partition coefficient (Wildman–Crippen LogP) is 1.40. The van der Waals surface area contributed by atoms with Crippen LogP contribution in [0.4, 0.5) is 0 Å². The van der Waals surface area contributed by atoms with Gasteiger partial charge in [0.05, 0.1) is 17.3 Å². The van der Waals surface area contributed by atoms with Crippen LogP contribution in [0.3, 0.4) is 0 Å². The number of pyridine rings is 1. The lowest BCUT2D eigenvalue weighted by molar-refractivity contribution is 0.103. The molecule has 0 aliphatic carbocycles. The van der Waals surface area contributed by atoms with Crippen molar-refractivity contribution >= 4 is 0 Å². The Hall–Kier alpha value is -1.40. The van der Waals surface area contributed by atoms with Crippen molar-refractivity contribution in [3.05, 3.63) is 29.6 Å². The third kappa shape index (κ3) is 1.91. The third-order valence-electron chi connectivity index (χ3n) is 2.47. The van der Waals surface area contributed by atoms with Crippen molar-refractivity contribution in [3.63, 3.8) is 0 Å². The molecule has 1 aromatic rings. The fourth-order valence-electron chi connectivity index (χ4n) is 1.82. The van der Waals surface area contributed by atoms with Crippen molar-refractivity contribution in [1.29, 1.82) is 5.26 Å². The summed E-state index contributed by atoms with van der Waals surface area (Å²) in [5.41, 5.74) is 1.69. The van der Waals surface area contributed by atoms with Crippen LogP contribution in [0.15, 0.2) is 18.3 Å². The van der Waals surface area contributed by atoms with Gasteiger partial charge in [0.15, 0.2) is 0 Å². The van der Waals surface area contributed by atoms with Gasteiger partial charge in [-0.15, -0.1) is 0 Å². The summed E-state index contributed by atoms with van der Waals surface area (Å²) >= 11 is 0. The van der Waals surface area contributed by atoms with Crippen molar-refractivity contribution in [2.45, 2.75) is 13.5 Å². The topological polar surface area (TPSA) is 39.9 Å². The van der Waals surface area contributed by atoms with Crippen molar-refractivity contribution in [2.75, 3.05) is 13.1 Å². The van der Waals surface area contributed by atoms with Crippen LogP contribution >= 0.6 is 0 Å². The molecule has 1 aliphatic rings. The molecule has 0 radical (unpaired) electrons. The average Bonchev–Trinajstić information content (AvgIpc) is 2.16. The monoisotopic (exact) mass is 187 g/mol. The quantitative estimate of drug-likeness (QED) is 0.702. The van der Waals surface area contributed by atoms with E-state index in [0.717, 1.165) is 31.2 Å². The Bertz CT molecular complexity index is 361. The van der Waals surface area contributed by atoms with Crippen LogP contribution in [0.2, 0.25) is 0 Å². The molecular formula is C11H13N3. The molecule has 0 unspecified atom stereocenters. The zero-order valence-corrected chi connectivity index (χ0v) is 8.27. The Morgan fingerprint density at radius 3 is 3.07 bits per heavy atom. The molecule has 0 amide bonds. The van der Waals surface area contributed by atoms with Crippen molar-refractivity contribution < 1.29 is 0 Å². The maximum absolute atomic E-state index is 8.72. The summed E-state index contributed by atoms with van der Waals surface area (Å²) < 4.78 is 0. The Kier molecular flexibility index (Phi) is 2.47. The molecule has 2 rings (SSSR count). The number of rotatable bonds is 2. The molecule has 0 atom stereocenters. The highest BCUT2D eigenvalue weighted by molar-refractivity contribution is 5.28. The van der Waals surface area contributed by atoms with Gasteiger partial charge in [-0.05, 0) is 18.1 Å². The largest absolute Gasteiger partial charge is 0.297 e. The molecular weight excluding hydrogens is 174 g/mol. The van der Waals surface area contributed by atoms with Crippen molar-refractivity contribution in [3.8, 4) is 6.07 Å². The number of likely N-dealkylation sites (tertiary alicyclic amines) is 1. The van der Waals surface area contributed by atoms with Gasteiger partial charge in [0.2, 0.25) is 0 Å². The lowest BCUT2D eigenvalue weighted by Gasteiger charge is -2.36. The fraction of sp³-hybridized carbons (Fsp3) is 0.455. The number of nitrogens with zero attached hydrogens (tertiary/aromatic N) is 3.